The number of carbonyl (C=O) groups excluding carboxylic acids is 2. The topological polar surface area (TPSA) is 49.4 Å². The third-order valence-electron chi connectivity index (χ3n) is 3.50. The molecule has 0 unspecified atom stereocenters. The lowest BCUT2D eigenvalue weighted by molar-refractivity contribution is -0.129. The Morgan fingerprint density at radius 2 is 1.86 bits per heavy atom. The number of unbranched alkanes of at least 4 members (excludes halogenated alkanes) is 2. The zero-order chi connectivity index (χ0) is 15.7. The summed E-state index contributed by atoms with van der Waals surface area (Å²) in [6, 6.07) is 7.69. The van der Waals surface area contributed by atoms with E-state index in [9.17, 15) is 9.59 Å². The van der Waals surface area contributed by atoms with Gasteiger partial charge in [0.1, 0.15) is 0 Å². The highest BCUT2D eigenvalue weighted by atomic mass is 16.2. The van der Waals surface area contributed by atoms with Crippen molar-refractivity contribution in [1.82, 2.24) is 4.90 Å². The molecule has 0 aromatic heterocycles. The van der Waals surface area contributed by atoms with Gasteiger partial charge in [-0.2, -0.15) is 0 Å². The molecule has 0 fully saturated rings. The van der Waals surface area contributed by atoms with E-state index in [0.717, 1.165) is 37.1 Å². The first kappa shape index (κ1) is 17.2. The number of rotatable bonds is 8. The van der Waals surface area contributed by atoms with Crippen LogP contribution in [0.1, 0.15) is 45.1 Å². The van der Waals surface area contributed by atoms with Crippen molar-refractivity contribution < 1.29 is 9.59 Å². The van der Waals surface area contributed by atoms with Gasteiger partial charge in [-0.3, -0.25) is 9.59 Å². The molecule has 1 aromatic rings. The number of hydrogen-bond donors (Lipinski definition) is 1. The monoisotopic (exact) mass is 290 g/mol. The van der Waals surface area contributed by atoms with E-state index < -0.39 is 0 Å². The molecule has 0 heterocycles. The van der Waals surface area contributed by atoms with Crippen molar-refractivity contribution in [3.63, 3.8) is 0 Å². The van der Waals surface area contributed by atoms with E-state index in [0.29, 0.717) is 13.0 Å². The van der Waals surface area contributed by atoms with Crippen LogP contribution in [0.15, 0.2) is 24.3 Å². The van der Waals surface area contributed by atoms with Crippen LogP contribution >= 0.6 is 0 Å². The van der Waals surface area contributed by atoms with Gasteiger partial charge in [0.2, 0.25) is 11.8 Å². The van der Waals surface area contributed by atoms with Crippen LogP contribution in [0.2, 0.25) is 0 Å². The summed E-state index contributed by atoms with van der Waals surface area (Å²) in [6.07, 6.45) is 3.56. The molecule has 4 nitrogen and oxygen atoms in total. The van der Waals surface area contributed by atoms with Crippen LogP contribution in [0.4, 0.5) is 5.69 Å². The highest BCUT2D eigenvalue weighted by Gasteiger charge is 2.11. The molecule has 21 heavy (non-hydrogen) atoms. The van der Waals surface area contributed by atoms with Gasteiger partial charge in [0, 0.05) is 32.1 Å². The molecule has 0 saturated carbocycles. The summed E-state index contributed by atoms with van der Waals surface area (Å²) in [4.78, 5) is 25.3. The van der Waals surface area contributed by atoms with Crippen LogP contribution in [-0.2, 0) is 9.59 Å². The standard InChI is InChI=1S/C17H26N2O2/c1-4-5-8-12-19(15(3)20)13-11-17(21)18-16-10-7-6-9-14(16)2/h6-7,9-10H,4-5,8,11-13H2,1-3H3,(H,18,21). The molecule has 2 amide bonds. The fourth-order valence-electron chi connectivity index (χ4n) is 2.14. The molecule has 116 valence electrons. The molecule has 1 N–H and O–H groups in total. The molecule has 0 bridgehead atoms. The van der Waals surface area contributed by atoms with Crippen molar-refractivity contribution in [2.45, 2.75) is 46.5 Å². The zero-order valence-corrected chi connectivity index (χ0v) is 13.3. The third kappa shape index (κ3) is 6.43. The van der Waals surface area contributed by atoms with E-state index in [1.165, 1.54) is 0 Å². The maximum atomic E-state index is 12.0. The Morgan fingerprint density at radius 3 is 2.48 bits per heavy atom. The van der Waals surface area contributed by atoms with Crippen molar-refractivity contribution in [2.24, 2.45) is 0 Å². The number of amides is 2. The van der Waals surface area contributed by atoms with E-state index in [4.69, 9.17) is 0 Å². The first-order valence-corrected chi connectivity index (χ1v) is 7.65. The predicted octanol–water partition coefficient (Wildman–Crippen LogP) is 3.36. The van der Waals surface area contributed by atoms with Crippen LogP contribution in [-0.4, -0.2) is 29.8 Å². The number of carbonyl (C=O) groups is 2. The fourth-order valence-corrected chi connectivity index (χ4v) is 2.14. The van der Waals surface area contributed by atoms with Gasteiger partial charge < -0.3 is 10.2 Å². The van der Waals surface area contributed by atoms with Crippen molar-refractivity contribution in [3.05, 3.63) is 29.8 Å². The quantitative estimate of drug-likeness (QED) is 0.746. The highest BCUT2D eigenvalue weighted by molar-refractivity contribution is 5.91. The number of nitrogens with one attached hydrogen (secondary N) is 1. The molecule has 0 aliphatic carbocycles. The second-order valence-corrected chi connectivity index (χ2v) is 5.33. The van der Waals surface area contributed by atoms with Crippen molar-refractivity contribution in [2.75, 3.05) is 18.4 Å². The van der Waals surface area contributed by atoms with Gasteiger partial charge in [-0.05, 0) is 25.0 Å². The van der Waals surface area contributed by atoms with Crippen molar-refractivity contribution in [3.8, 4) is 0 Å². The summed E-state index contributed by atoms with van der Waals surface area (Å²) >= 11 is 0. The fraction of sp³-hybridized carbons (Fsp3) is 0.529. The number of anilines is 1. The number of benzene rings is 1. The maximum absolute atomic E-state index is 12.0. The number of para-hydroxylation sites is 1. The molecule has 0 spiro atoms. The average molecular weight is 290 g/mol. The third-order valence-corrected chi connectivity index (χ3v) is 3.50. The lowest BCUT2D eigenvalue weighted by Crippen LogP contribution is -2.33. The smallest absolute Gasteiger partial charge is 0.226 e. The largest absolute Gasteiger partial charge is 0.342 e. The minimum atomic E-state index is -0.0500. The molecule has 4 heteroatoms. The lowest BCUT2D eigenvalue weighted by Gasteiger charge is -2.20. The van der Waals surface area contributed by atoms with Crippen LogP contribution in [0.3, 0.4) is 0 Å². The number of nitrogens with zero attached hydrogens (tertiary/aromatic N) is 1. The minimum Gasteiger partial charge on any atom is -0.342 e. The molecule has 0 atom stereocenters. The van der Waals surface area contributed by atoms with Gasteiger partial charge in [0.15, 0.2) is 0 Å². The van der Waals surface area contributed by atoms with Crippen LogP contribution in [0, 0.1) is 6.92 Å². The second kappa shape index (κ2) is 9.16. The molecular formula is C17H26N2O2. The lowest BCUT2D eigenvalue weighted by atomic mass is 10.2. The Bertz CT molecular complexity index is 472. The summed E-state index contributed by atoms with van der Waals surface area (Å²) in [6.45, 7) is 6.87. The average Bonchev–Trinajstić information content (AvgIpc) is 2.44. The van der Waals surface area contributed by atoms with E-state index in [2.05, 4.69) is 12.2 Å². The summed E-state index contributed by atoms with van der Waals surface area (Å²) in [5.41, 5.74) is 1.88. The Kier molecular flexibility index (Phi) is 7.51. The van der Waals surface area contributed by atoms with E-state index >= 15 is 0 Å². The predicted molar refractivity (Wildman–Crippen MR) is 86.2 cm³/mol. The first-order chi connectivity index (χ1) is 10.0. The zero-order valence-electron chi connectivity index (χ0n) is 13.3. The van der Waals surface area contributed by atoms with Gasteiger partial charge in [-0.15, -0.1) is 0 Å². The Hall–Kier alpha value is -1.84. The summed E-state index contributed by atoms with van der Waals surface area (Å²) in [5, 5.41) is 2.89. The Labute approximate surface area is 127 Å². The summed E-state index contributed by atoms with van der Waals surface area (Å²) in [7, 11) is 0. The normalized spacial score (nSPS) is 10.2. The molecule has 0 radical (unpaired) electrons. The van der Waals surface area contributed by atoms with Crippen LogP contribution in [0.25, 0.3) is 0 Å². The van der Waals surface area contributed by atoms with E-state index in [1.54, 1.807) is 11.8 Å². The van der Waals surface area contributed by atoms with Gasteiger partial charge in [-0.25, -0.2) is 0 Å². The van der Waals surface area contributed by atoms with Gasteiger partial charge in [0.05, 0.1) is 0 Å². The van der Waals surface area contributed by atoms with Gasteiger partial charge >= 0.3 is 0 Å². The molecule has 1 aromatic carbocycles. The second-order valence-electron chi connectivity index (χ2n) is 5.33. The van der Waals surface area contributed by atoms with Crippen LogP contribution in [0.5, 0.6) is 0 Å². The number of aryl methyl sites for hydroxylation is 1. The Morgan fingerprint density at radius 1 is 1.14 bits per heavy atom. The highest BCUT2D eigenvalue weighted by Crippen LogP contribution is 2.13. The molecule has 1 rings (SSSR count). The van der Waals surface area contributed by atoms with E-state index in [-0.39, 0.29) is 11.8 Å². The molecule has 0 saturated heterocycles. The first-order valence-electron chi connectivity index (χ1n) is 7.65. The van der Waals surface area contributed by atoms with Gasteiger partial charge in [0.25, 0.3) is 0 Å². The van der Waals surface area contributed by atoms with E-state index in [1.807, 2.05) is 31.2 Å². The molecule has 0 aliphatic heterocycles. The SMILES string of the molecule is CCCCCN(CCC(=O)Nc1ccccc1C)C(C)=O. The summed E-state index contributed by atoms with van der Waals surface area (Å²) < 4.78 is 0. The molecule has 0 aliphatic rings. The molecular weight excluding hydrogens is 264 g/mol. The van der Waals surface area contributed by atoms with Crippen LogP contribution < -0.4 is 5.32 Å². The van der Waals surface area contributed by atoms with Crippen molar-refractivity contribution >= 4 is 17.5 Å². The van der Waals surface area contributed by atoms with Gasteiger partial charge in [-0.1, -0.05) is 38.0 Å². The number of hydrogen-bond acceptors (Lipinski definition) is 2. The maximum Gasteiger partial charge on any atom is 0.226 e. The summed E-state index contributed by atoms with van der Waals surface area (Å²) in [5.74, 6) is -0.0131. The van der Waals surface area contributed by atoms with Crippen molar-refractivity contribution in [1.29, 1.82) is 0 Å². The minimum absolute atomic E-state index is 0.0368. The Balaban J connectivity index is 2.42.